The van der Waals surface area contributed by atoms with E-state index >= 15 is 0 Å². The summed E-state index contributed by atoms with van der Waals surface area (Å²) < 4.78 is 12.1. The number of phenolic OH excluding ortho intramolecular Hbond substituents is 1. The van der Waals surface area contributed by atoms with E-state index < -0.39 is 11.7 Å². The number of esters is 1. The molecule has 3 rings (SSSR count). The van der Waals surface area contributed by atoms with E-state index in [2.05, 4.69) is 12.2 Å². The fourth-order valence-electron chi connectivity index (χ4n) is 5.62. The quantitative estimate of drug-likeness (QED) is 0.401. The average Bonchev–Trinajstić information content (AvgIpc) is 3.28. The number of hydrogen-bond acceptors (Lipinski definition) is 6. The molecular formula is C27H43NO5. The number of hydrogen-bond donors (Lipinski definition) is 3. The zero-order valence-corrected chi connectivity index (χ0v) is 20.7. The van der Waals surface area contributed by atoms with Crippen LogP contribution < -0.4 is 10.1 Å². The van der Waals surface area contributed by atoms with Gasteiger partial charge in [-0.05, 0) is 82.4 Å². The molecule has 1 aromatic carbocycles. The van der Waals surface area contributed by atoms with Crippen LogP contribution in [-0.4, -0.2) is 41.0 Å². The molecule has 0 amide bonds. The number of aliphatic hydroxyl groups excluding tert-OH is 1. The smallest absolute Gasteiger partial charge is 0.303 e. The van der Waals surface area contributed by atoms with E-state index in [-0.39, 0.29) is 23.7 Å². The number of aromatic hydroxyl groups is 1. The maximum atomic E-state index is 12.0. The highest BCUT2D eigenvalue weighted by atomic mass is 16.6. The third kappa shape index (κ3) is 7.10. The second kappa shape index (κ2) is 12.1. The van der Waals surface area contributed by atoms with Crippen LogP contribution in [0.5, 0.6) is 11.5 Å². The Labute approximate surface area is 199 Å². The highest BCUT2D eigenvalue weighted by Gasteiger charge is 2.42. The standard InChI is InChI=1S/C27H43NO5/c1-4-5-8-21-12-14-27(17-24(21)30,33-19(2)29)13-11-20-15-22(18-28-3)26(31)25(16-20)32-23-9-6-7-10-23/h15-16,21,23-24,28,30-31H,4-14,17-18H2,1-3H3/t21-,24+,27-/m0/s1. The summed E-state index contributed by atoms with van der Waals surface area (Å²) in [5.41, 5.74) is 1.23. The molecule has 3 atom stereocenters. The van der Waals surface area contributed by atoms with Gasteiger partial charge < -0.3 is 25.0 Å². The van der Waals surface area contributed by atoms with Crippen LogP contribution in [0.15, 0.2) is 12.1 Å². The van der Waals surface area contributed by atoms with Gasteiger partial charge in [-0.2, -0.15) is 0 Å². The Hall–Kier alpha value is -1.79. The van der Waals surface area contributed by atoms with E-state index in [1.165, 1.54) is 19.8 Å². The van der Waals surface area contributed by atoms with Crippen LogP contribution in [0.3, 0.4) is 0 Å². The first-order valence-electron chi connectivity index (χ1n) is 12.9. The number of aryl methyl sites for hydroxylation is 1. The fourth-order valence-corrected chi connectivity index (χ4v) is 5.62. The highest BCUT2D eigenvalue weighted by Crippen LogP contribution is 2.41. The zero-order valence-electron chi connectivity index (χ0n) is 20.7. The first kappa shape index (κ1) is 25.8. The molecule has 0 bridgehead atoms. The Kier molecular flexibility index (Phi) is 9.45. The molecule has 2 fully saturated rings. The van der Waals surface area contributed by atoms with Crippen molar-refractivity contribution in [2.75, 3.05) is 7.05 Å². The Bertz CT molecular complexity index is 776. The van der Waals surface area contributed by atoms with Crippen LogP contribution in [0.4, 0.5) is 0 Å². The lowest BCUT2D eigenvalue weighted by atomic mass is 9.72. The molecule has 0 radical (unpaired) electrons. The van der Waals surface area contributed by atoms with Gasteiger partial charge in [-0.15, -0.1) is 0 Å². The van der Waals surface area contributed by atoms with E-state index in [0.29, 0.717) is 31.6 Å². The normalized spacial score (nSPS) is 25.8. The summed E-state index contributed by atoms with van der Waals surface area (Å²) >= 11 is 0. The SMILES string of the molecule is CCCC[C@H]1CC[C@](CCc2cc(CNC)c(O)c(OC3CCCC3)c2)(OC(C)=O)C[C@H]1O. The predicted octanol–water partition coefficient (Wildman–Crippen LogP) is 5.02. The number of benzene rings is 1. The molecule has 33 heavy (non-hydrogen) atoms. The van der Waals surface area contributed by atoms with Crippen molar-refractivity contribution in [1.82, 2.24) is 5.32 Å². The van der Waals surface area contributed by atoms with Crippen molar-refractivity contribution in [3.05, 3.63) is 23.3 Å². The Balaban J connectivity index is 1.75. The molecule has 2 aliphatic carbocycles. The number of unbranched alkanes of at least 4 members (excludes halogenated alkanes) is 1. The van der Waals surface area contributed by atoms with Crippen LogP contribution >= 0.6 is 0 Å². The molecule has 3 N–H and O–H groups in total. The van der Waals surface area contributed by atoms with Gasteiger partial charge in [0.2, 0.25) is 0 Å². The summed E-state index contributed by atoms with van der Waals surface area (Å²) in [6.45, 7) is 4.17. The number of phenols is 1. The summed E-state index contributed by atoms with van der Waals surface area (Å²) in [7, 11) is 1.86. The molecule has 1 aromatic rings. The van der Waals surface area contributed by atoms with Crippen LogP contribution in [0.25, 0.3) is 0 Å². The van der Waals surface area contributed by atoms with Gasteiger partial charge in [-0.25, -0.2) is 0 Å². The summed E-state index contributed by atoms with van der Waals surface area (Å²) in [4.78, 5) is 12.0. The van der Waals surface area contributed by atoms with Crippen molar-refractivity contribution in [2.24, 2.45) is 5.92 Å². The third-order valence-corrected chi connectivity index (χ3v) is 7.43. The molecule has 2 aliphatic rings. The van der Waals surface area contributed by atoms with E-state index in [1.54, 1.807) is 0 Å². The van der Waals surface area contributed by atoms with Gasteiger partial charge in [-0.3, -0.25) is 4.79 Å². The number of ether oxygens (including phenoxy) is 2. The lowest BCUT2D eigenvalue weighted by Gasteiger charge is -2.42. The van der Waals surface area contributed by atoms with E-state index in [4.69, 9.17) is 9.47 Å². The minimum absolute atomic E-state index is 0.162. The molecule has 0 saturated heterocycles. The van der Waals surface area contributed by atoms with Crippen molar-refractivity contribution < 1.29 is 24.5 Å². The Morgan fingerprint density at radius 1 is 1.24 bits per heavy atom. The molecule has 0 spiro atoms. The third-order valence-electron chi connectivity index (χ3n) is 7.43. The number of nitrogens with one attached hydrogen (secondary N) is 1. The van der Waals surface area contributed by atoms with Gasteiger partial charge in [0.05, 0.1) is 12.2 Å². The minimum Gasteiger partial charge on any atom is -0.504 e. The van der Waals surface area contributed by atoms with Crippen LogP contribution in [0, 0.1) is 5.92 Å². The van der Waals surface area contributed by atoms with Crippen molar-refractivity contribution in [3.63, 3.8) is 0 Å². The summed E-state index contributed by atoms with van der Waals surface area (Å²) in [5.74, 6) is 0.757. The Morgan fingerprint density at radius 3 is 2.64 bits per heavy atom. The fraction of sp³-hybridized carbons (Fsp3) is 0.741. The molecule has 0 unspecified atom stereocenters. The van der Waals surface area contributed by atoms with E-state index in [0.717, 1.165) is 56.1 Å². The molecule has 2 saturated carbocycles. The van der Waals surface area contributed by atoms with E-state index in [9.17, 15) is 15.0 Å². The van der Waals surface area contributed by atoms with Crippen molar-refractivity contribution >= 4 is 5.97 Å². The van der Waals surface area contributed by atoms with E-state index in [1.807, 2.05) is 19.2 Å². The summed E-state index contributed by atoms with van der Waals surface area (Å²) in [5, 5.41) is 24.7. The molecule has 186 valence electrons. The largest absolute Gasteiger partial charge is 0.504 e. The molecule has 0 aromatic heterocycles. The molecular weight excluding hydrogens is 418 g/mol. The topological polar surface area (TPSA) is 88.0 Å². The average molecular weight is 462 g/mol. The minimum atomic E-state index is -0.637. The monoisotopic (exact) mass is 461 g/mol. The van der Waals surface area contributed by atoms with Gasteiger partial charge in [0, 0.05) is 25.5 Å². The first-order valence-corrected chi connectivity index (χ1v) is 12.9. The van der Waals surface area contributed by atoms with Crippen molar-refractivity contribution in [2.45, 2.75) is 115 Å². The van der Waals surface area contributed by atoms with Crippen LogP contribution in [0.2, 0.25) is 0 Å². The summed E-state index contributed by atoms with van der Waals surface area (Å²) in [6, 6.07) is 3.95. The van der Waals surface area contributed by atoms with Gasteiger partial charge in [0.1, 0.15) is 5.60 Å². The second-order valence-corrected chi connectivity index (χ2v) is 10.1. The van der Waals surface area contributed by atoms with Gasteiger partial charge >= 0.3 is 5.97 Å². The molecule has 0 heterocycles. The number of aliphatic hydroxyl groups is 1. The number of rotatable bonds is 11. The maximum Gasteiger partial charge on any atom is 0.303 e. The number of carbonyl (C=O) groups excluding carboxylic acids is 1. The number of carbonyl (C=O) groups is 1. The molecule has 6 heteroatoms. The lowest BCUT2D eigenvalue weighted by molar-refractivity contribution is -0.168. The zero-order chi connectivity index (χ0) is 23.8. The lowest BCUT2D eigenvalue weighted by Crippen LogP contribution is -2.45. The maximum absolute atomic E-state index is 12.0. The summed E-state index contributed by atoms with van der Waals surface area (Å²) in [6.07, 6.45) is 10.9. The van der Waals surface area contributed by atoms with Gasteiger partial charge in [-0.1, -0.05) is 25.8 Å². The molecule has 6 nitrogen and oxygen atoms in total. The van der Waals surface area contributed by atoms with Gasteiger partial charge in [0.25, 0.3) is 0 Å². The first-order chi connectivity index (χ1) is 15.9. The highest BCUT2D eigenvalue weighted by molar-refractivity contribution is 5.66. The van der Waals surface area contributed by atoms with Crippen LogP contribution in [-0.2, 0) is 22.5 Å². The Morgan fingerprint density at radius 2 is 2.00 bits per heavy atom. The predicted molar refractivity (Wildman–Crippen MR) is 129 cm³/mol. The van der Waals surface area contributed by atoms with Crippen molar-refractivity contribution in [1.29, 1.82) is 0 Å². The van der Waals surface area contributed by atoms with Crippen LogP contribution in [0.1, 0.15) is 95.6 Å². The van der Waals surface area contributed by atoms with Crippen molar-refractivity contribution in [3.8, 4) is 11.5 Å². The molecule has 0 aliphatic heterocycles. The second-order valence-electron chi connectivity index (χ2n) is 10.1. The van der Waals surface area contributed by atoms with Gasteiger partial charge in [0.15, 0.2) is 11.5 Å².